The number of carbonyl (C=O) groups is 1. The van der Waals surface area contributed by atoms with E-state index >= 15 is 0 Å². The molecule has 1 fully saturated rings. The first-order valence-corrected chi connectivity index (χ1v) is 6.86. The molecule has 3 nitrogen and oxygen atoms in total. The molecule has 0 aromatic carbocycles. The fourth-order valence-corrected chi connectivity index (χ4v) is 2.38. The van der Waals surface area contributed by atoms with Gasteiger partial charge in [0.2, 0.25) is 0 Å². The highest BCUT2D eigenvalue weighted by atomic mass is 16.6. The van der Waals surface area contributed by atoms with Crippen LogP contribution in [0.1, 0.15) is 59.8 Å². The molecule has 0 heterocycles. The zero-order chi connectivity index (χ0) is 12.9. The molecule has 1 aliphatic carbocycles. The topological polar surface area (TPSA) is 38.3 Å². The van der Waals surface area contributed by atoms with E-state index < -0.39 is 0 Å². The van der Waals surface area contributed by atoms with E-state index in [1.165, 1.54) is 32.1 Å². The summed E-state index contributed by atoms with van der Waals surface area (Å²) in [5.74, 6) is 0.754. The van der Waals surface area contributed by atoms with Gasteiger partial charge in [0.25, 0.3) is 0 Å². The Morgan fingerprint density at radius 2 is 1.82 bits per heavy atom. The van der Waals surface area contributed by atoms with Crippen LogP contribution >= 0.6 is 0 Å². The van der Waals surface area contributed by atoms with Gasteiger partial charge in [-0.2, -0.15) is 0 Å². The second-order valence-corrected chi connectivity index (χ2v) is 6.09. The lowest BCUT2D eigenvalue weighted by Crippen LogP contribution is -2.39. The Morgan fingerprint density at radius 3 is 2.29 bits per heavy atom. The van der Waals surface area contributed by atoms with Crippen LogP contribution in [0.5, 0.6) is 0 Å². The van der Waals surface area contributed by atoms with Crippen molar-refractivity contribution in [2.75, 3.05) is 6.54 Å². The van der Waals surface area contributed by atoms with Gasteiger partial charge in [0.15, 0.2) is 0 Å². The van der Waals surface area contributed by atoms with Gasteiger partial charge in [0.05, 0.1) is 6.54 Å². The Balaban J connectivity index is 2.17. The van der Waals surface area contributed by atoms with Crippen LogP contribution in [0.2, 0.25) is 0 Å². The van der Waals surface area contributed by atoms with Crippen molar-refractivity contribution >= 4 is 5.97 Å². The van der Waals surface area contributed by atoms with Crippen molar-refractivity contribution < 1.29 is 9.53 Å². The predicted octanol–water partition coefficient (Wildman–Crippen LogP) is 2.89. The molecule has 0 aliphatic heterocycles. The van der Waals surface area contributed by atoms with E-state index in [2.05, 4.69) is 12.2 Å². The fourth-order valence-electron chi connectivity index (χ4n) is 2.38. The Morgan fingerprint density at radius 1 is 1.24 bits per heavy atom. The Bertz CT molecular complexity index is 237. The highest BCUT2D eigenvalue weighted by Crippen LogP contribution is 2.26. The summed E-state index contributed by atoms with van der Waals surface area (Å²) in [6.07, 6.45) is 6.27. The second kappa shape index (κ2) is 6.39. The van der Waals surface area contributed by atoms with Crippen molar-refractivity contribution in [1.82, 2.24) is 5.32 Å². The molecule has 0 unspecified atom stereocenters. The van der Waals surface area contributed by atoms with E-state index in [0.29, 0.717) is 12.6 Å². The van der Waals surface area contributed by atoms with Gasteiger partial charge in [0.1, 0.15) is 5.60 Å². The summed E-state index contributed by atoms with van der Waals surface area (Å²) in [6.45, 7) is 8.31. The molecule has 3 heteroatoms. The summed E-state index contributed by atoms with van der Waals surface area (Å²) in [4.78, 5) is 11.5. The summed E-state index contributed by atoms with van der Waals surface area (Å²) in [6, 6.07) is 0.505. The van der Waals surface area contributed by atoms with E-state index in [9.17, 15) is 4.79 Å². The molecule has 1 aliphatic rings. The van der Waals surface area contributed by atoms with Crippen molar-refractivity contribution in [3.05, 3.63) is 0 Å². The number of rotatable bonds is 4. The molecule has 0 bridgehead atoms. The smallest absolute Gasteiger partial charge is 0.320 e. The van der Waals surface area contributed by atoms with E-state index in [1.54, 1.807) is 0 Å². The first-order valence-electron chi connectivity index (χ1n) is 6.86. The average Bonchev–Trinajstić information content (AvgIpc) is 2.25. The van der Waals surface area contributed by atoms with Crippen molar-refractivity contribution in [3.8, 4) is 0 Å². The summed E-state index contributed by atoms with van der Waals surface area (Å²) >= 11 is 0. The second-order valence-electron chi connectivity index (χ2n) is 6.09. The third-order valence-corrected chi connectivity index (χ3v) is 3.38. The Hall–Kier alpha value is -0.570. The van der Waals surface area contributed by atoms with Gasteiger partial charge >= 0.3 is 5.97 Å². The van der Waals surface area contributed by atoms with Crippen LogP contribution in [0.25, 0.3) is 0 Å². The third kappa shape index (κ3) is 6.06. The van der Waals surface area contributed by atoms with Gasteiger partial charge in [0, 0.05) is 6.04 Å². The SMILES string of the molecule is CCC1CCC(NCC(=O)OC(C)(C)C)CC1. The van der Waals surface area contributed by atoms with Crippen molar-refractivity contribution in [2.45, 2.75) is 71.4 Å². The molecule has 17 heavy (non-hydrogen) atoms. The number of carbonyl (C=O) groups excluding carboxylic acids is 1. The minimum absolute atomic E-state index is 0.143. The molecule has 0 aromatic rings. The lowest BCUT2D eigenvalue weighted by Gasteiger charge is -2.28. The molecule has 0 amide bonds. The Labute approximate surface area is 105 Å². The molecule has 0 radical (unpaired) electrons. The lowest BCUT2D eigenvalue weighted by molar-refractivity contribution is -0.153. The molecule has 1 rings (SSSR count). The van der Waals surface area contributed by atoms with Crippen LogP contribution in [0, 0.1) is 5.92 Å². The zero-order valence-electron chi connectivity index (χ0n) is 11.7. The van der Waals surface area contributed by atoms with Crippen molar-refractivity contribution in [1.29, 1.82) is 0 Å². The van der Waals surface area contributed by atoms with Crippen molar-refractivity contribution in [2.24, 2.45) is 5.92 Å². The maximum Gasteiger partial charge on any atom is 0.320 e. The molecule has 1 saturated carbocycles. The summed E-state index contributed by atoms with van der Waals surface area (Å²) < 4.78 is 5.27. The van der Waals surface area contributed by atoms with Crippen LogP contribution in [0.3, 0.4) is 0 Å². The highest BCUT2D eigenvalue weighted by molar-refractivity contribution is 5.72. The molecular formula is C14H27NO2. The number of hydrogen-bond donors (Lipinski definition) is 1. The van der Waals surface area contributed by atoms with E-state index in [-0.39, 0.29) is 11.6 Å². The van der Waals surface area contributed by atoms with Crippen LogP contribution < -0.4 is 5.32 Å². The fraction of sp³-hybridized carbons (Fsp3) is 0.929. The maximum absolute atomic E-state index is 11.5. The standard InChI is InChI=1S/C14H27NO2/c1-5-11-6-8-12(9-7-11)15-10-13(16)17-14(2,3)4/h11-12,15H,5-10H2,1-4H3. The van der Waals surface area contributed by atoms with Gasteiger partial charge in [-0.3, -0.25) is 4.79 Å². The number of hydrogen-bond acceptors (Lipinski definition) is 3. The van der Waals surface area contributed by atoms with Gasteiger partial charge in [-0.25, -0.2) is 0 Å². The third-order valence-electron chi connectivity index (χ3n) is 3.38. The summed E-state index contributed by atoms with van der Waals surface area (Å²) in [7, 11) is 0. The first kappa shape index (κ1) is 14.5. The molecule has 0 atom stereocenters. The number of nitrogens with one attached hydrogen (secondary N) is 1. The average molecular weight is 241 g/mol. The summed E-state index contributed by atoms with van der Waals surface area (Å²) in [5, 5.41) is 3.31. The van der Waals surface area contributed by atoms with Crippen LogP contribution in [0.15, 0.2) is 0 Å². The van der Waals surface area contributed by atoms with Gasteiger partial charge < -0.3 is 10.1 Å². The maximum atomic E-state index is 11.5. The molecule has 0 spiro atoms. The molecular weight excluding hydrogens is 214 g/mol. The number of ether oxygens (including phenoxy) is 1. The monoisotopic (exact) mass is 241 g/mol. The van der Waals surface area contributed by atoms with Gasteiger partial charge in [-0.15, -0.1) is 0 Å². The normalized spacial score (nSPS) is 25.6. The van der Waals surface area contributed by atoms with Crippen LogP contribution in [-0.4, -0.2) is 24.2 Å². The molecule has 0 saturated heterocycles. The Kier molecular flexibility index (Phi) is 5.44. The molecule has 0 aromatic heterocycles. The largest absolute Gasteiger partial charge is 0.459 e. The summed E-state index contributed by atoms with van der Waals surface area (Å²) in [5.41, 5.74) is -0.376. The van der Waals surface area contributed by atoms with E-state index in [4.69, 9.17) is 4.74 Å². The highest BCUT2D eigenvalue weighted by Gasteiger charge is 2.21. The van der Waals surface area contributed by atoms with Crippen LogP contribution in [-0.2, 0) is 9.53 Å². The van der Waals surface area contributed by atoms with Crippen molar-refractivity contribution in [3.63, 3.8) is 0 Å². The quantitative estimate of drug-likeness (QED) is 0.769. The van der Waals surface area contributed by atoms with E-state index in [0.717, 1.165) is 5.92 Å². The molecule has 1 N–H and O–H groups in total. The predicted molar refractivity (Wildman–Crippen MR) is 69.9 cm³/mol. The number of esters is 1. The zero-order valence-corrected chi connectivity index (χ0v) is 11.7. The van der Waals surface area contributed by atoms with E-state index in [1.807, 2.05) is 20.8 Å². The molecule has 100 valence electrons. The van der Waals surface area contributed by atoms with Gasteiger partial charge in [-0.1, -0.05) is 13.3 Å². The lowest BCUT2D eigenvalue weighted by atomic mass is 9.84. The minimum atomic E-state index is -0.376. The first-order chi connectivity index (χ1) is 7.90. The van der Waals surface area contributed by atoms with Crippen LogP contribution in [0.4, 0.5) is 0 Å². The minimum Gasteiger partial charge on any atom is -0.459 e. The van der Waals surface area contributed by atoms with Gasteiger partial charge in [-0.05, 0) is 52.4 Å².